The van der Waals surface area contributed by atoms with Crippen molar-refractivity contribution in [2.24, 2.45) is 5.92 Å². The van der Waals surface area contributed by atoms with Crippen LogP contribution in [0, 0.1) is 11.7 Å². The number of carbonyl (C=O) groups excluding carboxylic acids is 3. The molecule has 0 aliphatic carbocycles. The summed E-state index contributed by atoms with van der Waals surface area (Å²) in [7, 11) is 0. The number of thiazole rings is 1. The number of benzene rings is 2. The lowest BCUT2D eigenvalue weighted by molar-refractivity contribution is -0.149. The molecular weight excluding hydrogens is 545 g/mol. The Hall–Kier alpha value is -4.38. The second kappa shape index (κ2) is 12.4. The Labute approximate surface area is 240 Å². The van der Waals surface area contributed by atoms with E-state index < -0.39 is 11.8 Å². The number of amides is 3. The highest BCUT2D eigenvalue weighted by Gasteiger charge is 2.30. The summed E-state index contributed by atoms with van der Waals surface area (Å²) in [4.78, 5) is 48.1. The Morgan fingerprint density at radius 3 is 2.63 bits per heavy atom. The van der Waals surface area contributed by atoms with Crippen LogP contribution >= 0.6 is 11.3 Å². The predicted molar refractivity (Wildman–Crippen MR) is 156 cm³/mol. The van der Waals surface area contributed by atoms with Crippen molar-refractivity contribution in [3.05, 3.63) is 66.1 Å². The maximum atomic E-state index is 16.0. The van der Waals surface area contributed by atoms with Crippen molar-refractivity contribution >= 4 is 44.6 Å². The van der Waals surface area contributed by atoms with E-state index in [-0.39, 0.29) is 28.4 Å². The van der Waals surface area contributed by atoms with Gasteiger partial charge in [-0.15, -0.1) is 0 Å². The number of hydrogen-bond acceptors (Lipinski definition) is 7. The molecule has 1 atom stereocenters. The average molecular weight is 576 g/mol. The van der Waals surface area contributed by atoms with Gasteiger partial charge in [-0.05, 0) is 62.6 Å². The Bertz CT molecular complexity index is 1580. The third-order valence-corrected chi connectivity index (χ3v) is 7.88. The number of hydrogen-bond donors (Lipinski definition) is 2. The zero-order valence-electron chi connectivity index (χ0n) is 22.8. The maximum absolute atomic E-state index is 16.0. The fraction of sp³-hybridized carbons (Fsp3) is 0.300. The number of esters is 1. The van der Waals surface area contributed by atoms with Gasteiger partial charge in [0.15, 0.2) is 10.9 Å². The van der Waals surface area contributed by atoms with Crippen molar-refractivity contribution in [2.75, 3.05) is 31.6 Å². The van der Waals surface area contributed by atoms with Gasteiger partial charge < -0.3 is 15.0 Å². The molecule has 2 N–H and O–H groups in total. The smallest absolute Gasteiger partial charge is 0.321 e. The lowest BCUT2D eigenvalue weighted by Gasteiger charge is -2.31. The van der Waals surface area contributed by atoms with E-state index in [1.807, 2.05) is 12.1 Å². The van der Waals surface area contributed by atoms with Gasteiger partial charge in [-0.1, -0.05) is 29.5 Å². The van der Waals surface area contributed by atoms with E-state index in [9.17, 15) is 14.4 Å². The molecule has 2 aromatic heterocycles. The Morgan fingerprint density at radius 1 is 1.12 bits per heavy atom. The van der Waals surface area contributed by atoms with Crippen LogP contribution in [0.2, 0.25) is 0 Å². The van der Waals surface area contributed by atoms with E-state index >= 15 is 4.39 Å². The molecular formula is C30H30FN5O4S. The molecule has 3 amide bonds. The van der Waals surface area contributed by atoms with Gasteiger partial charge in [-0.25, -0.2) is 14.2 Å². The highest BCUT2D eigenvalue weighted by molar-refractivity contribution is 7.22. The first-order chi connectivity index (χ1) is 19.9. The maximum Gasteiger partial charge on any atom is 0.321 e. The molecule has 1 aliphatic heterocycles. The van der Waals surface area contributed by atoms with Crippen LogP contribution in [0.1, 0.15) is 37.0 Å². The summed E-state index contributed by atoms with van der Waals surface area (Å²) in [5.41, 5.74) is 2.75. The van der Waals surface area contributed by atoms with E-state index in [1.165, 1.54) is 11.3 Å². The van der Waals surface area contributed by atoms with Crippen LogP contribution in [0.4, 0.5) is 14.3 Å². The molecule has 0 radical (unpaired) electrons. The van der Waals surface area contributed by atoms with Crippen molar-refractivity contribution in [2.45, 2.75) is 26.7 Å². The highest BCUT2D eigenvalue weighted by atomic mass is 32.1. The first-order valence-electron chi connectivity index (χ1n) is 13.5. The van der Waals surface area contributed by atoms with E-state index in [0.29, 0.717) is 65.3 Å². The molecule has 11 heteroatoms. The number of nitrogens with zero attached hydrogens (tertiary/aromatic N) is 3. The third kappa shape index (κ3) is 6.04. The lowest BCUT2D eigenvalue weighted by atomic mass is 9.96. The highest BCUT2D eigenvalue weighted by Crippen LogP contribution is 2.40. The predicted octanol–water partition coefficient (Wildman–Crippen LogP) is 5.72. The van der Waals surface area contributed by atoms with Gasteiger partial charge in [-0.3, -0.25) is 19.9 Å². The van der Waals surface area contributed by atoms with Crippen molar-refractivity contribution in [1.29, 1.82) is 0 Å². The van der Waals surface area contributed by atoms with Crippen molar-refractivity contribution in [1.82, 2.24) is 20.2 Å². The number of carbonyl (C=O) groups is 3. The first-order valence-corrected chi connectivity index (χ1v) is 14.4. The Balaban J connectivity index is 1.47. The lowest BCUT2D eigenvalue weighted by Crippen LogP contribution is -2.42. The molecule has 41 heavy (non-hydrogen) atoms. The Kier molecular flexibility index (Phi) is 8.53. The van der Waals surface area contributed by atoms with Gasteiger partial charge in [0.05, 0.1) is 22.9 Å². The molecule has 212 valence electrons. The number of nitrogens with one attached hydrogen (secondary N) is 2. The molecule has 4 aromatic rings. The molecule has 9 nitrogen and oxygen atoms in total. The summed E-state index contributed by atoms with van der Waals surface area (Å²) < 4.78 is 21.7. The van der Waals surface area contributed by atoms with E-state index in [4.69, 9.17) is 4.74 Å². The second-order valence-electron chi connectivity index (χ2n) is 9.60. The van der Waals surface area contributed by atoms with Gasteiger partial charge in [0.1, 0.15) is 5.52 Å². The molecule has 1 fully saturated rings. The number of piperidine rings is 1. The molecule has 3 heterocycles. The minimum atomic E-state index is -0.535. The van der Waals surface area contributed by atoms with Gasteiger partial charge in [0.2, 0.25) is 0 Å². The largest absolute Gasteiger partial charge is 0.466 e. The number of halogens is 1. The van der Waals surface area contributed by atoms with Crippen molar-refractivity contribution in [3.8, 4) is 22.4 Å². The van der Waals surface area contributed by atoms with Crippen LogP contribution in [-0.2, 0) is 9.53 Å². The molecule has 0 spiro atoms. The number of likely N-dealkylation sites (tertiary alicyclic amines) is 1. The summed E-state index contributed by atoms with van der Waals surface area (Å²) >= 11 is 1.17. The number of urea groups is 1. The third-order valence-electron chi connectivity index (χ3n) is 6.87. The zero-order chi connectivity index (χ0) is 28.9. The number of anilines is 1. The van der Waals surface area contributed by atoms with Crippen molar-refractivity contribution in [3.63, 3.8) is 0 Å². The fourth-order valence-corrected chi connectivity index (χ4v) is 5.90. The van der Waals surface area contributed by atoms with E-state index in [1.54, 1.807) is 61.3 Å². The van der Waals surface area contributed by atoms with E-state index in [2.05, 4.69) is 20.6 Å². The van der Waals surface area contributed by atoms with Crippen LogP contribution in [0.15, 0.2) is 54.7 Å². The molecule has 1 saturated heterocycles. The second-order valence-corrected chi connectivity index (χ2v) is 10.6. The van der Waals surface area contributed by atoms with Crippen LogP contribution in [0.3, 0.4) is 0 Å². The molecule has 2 aromatic carbocycles. The first kappa shape index (κ1) is 28.2. The summed E-state index contributed by atoms with van der Waals surface area (Å²) in [6, 6.07) is 13.5. The SMILES string of the molecule is CCNC(=O)Nc1nc2c(F)c(-c3ccc(C(=O)N4CCCC(C(=O)OCC)C4)cc3)cc(-c3ccccn3)c2s1. The number of rotatable bonds is 7. The molecule has 1 unspecified atom stereocenters. The van der Waals surface area contributed by atoms with Gasteiger partial charge in [-0.2, -0.15) is 0 Å². The van der Waals surface area contributed by atoms with Crippen LogP contribution in [-0.4, -0.2) is 59.0 Å². The monoisotopic (exact) mass is 575 g/mol. The Morgan fingerprint density at radius 2 is 1.93 bits per heavy atom. The quantitative estimate of drug-likeness (QED) is 0.273. The minimum absolute atomic E-state index is 0.124. The number of fused-ring (bicyclic) bond motifs is 1. The summed E-state index contributed by atoms with van der Waals surface area (Å²) in [6.07, 6.45) is 3.07. The summed E-state index contributed by atoms with van der Waals surface area (Å²) in [5.74, 6) is -1.33. The van der Waals surface area contributed by atoms with E-state index in [0.717, 1.165) is 6.42 Å². The zero-order valence-corrected chi connectivity index (χ0v) is 23.6. The summed E-state index contributed by atoms with van der Waals surface area (Å²) in [6.45, 7) is 5.19. The molecule has 1 aliphatic rings. The normalized spacial score (nSPS) is 15.0. The molecule has 0 bridgehead atoms. The summed E-state index contributed by atoms with van der Waals surface area (Å²) in [5, 5.41) is 5.58. The topological polar surface area (TPSA) is 114 Å². The van der Waals surface area contributed by atoms with Gasteiger partial charge >= 0.3 is 12.0 Å². The number of ether oxygens (including phenoxy) is 1. The minimum Gasteiger partial charge on any atom is -0.466 e. The standard InChI is InChI=1S/C30H30FN5O4S/c1-3-32-29(39)35-30-34-25-24(31)21(16-22(26(25)41-30)23-9-5-6-14-33-23)18-10-12-19(13-11-18)27(37)36-15-7-8-20(17-36)28(38)40-4-2/h5-6,9-14,16,20H,3-4,7-8,15,17H2,1-2H3,(H2,32,34,35,39). The van der Waals surface area contributed by atoms with Gasteiger partial charge in [0, 0.05) is 42.5 Å². The van der Waals surface area contributed by atoms with Crippen LogP contribution in [0.5, 0.6) is 0 Å². The number of aromatic nitrogens is 2. The molecule has 0 saturated carbocycles. The van der Waals surface area contributed by atoms with Crippen molar-refractivity contribution < 1.29 is 23.5 Å². The molecule has 5 rings (SSSR count). The van der Waals surface area contributed by atoms with Crippen LogP contribution in [0.25, 0.3) is 32.6 Å². The number of pyridine rings is 1. The van der Waals surface area contributed by atoms with Gasteiger partial charge in [0.25, 0.3) is 5.91 Å². The average Bonchev–Trinajstić information content (AvgIpc) is 3.42. The van der Waals surface area contributed by atoms with Crippen LogP contribution < -0.4 is 10.6 Å². The fourth-order valence-electron chi connectivity index (χ4n) is 4.92.